The third kappa shape index (κ3) is 4.36. The largest absolute Gasteiger partial charge is 0.472 e. The van der Waals surface area contributed by atoms with Crippen molar-refractivity contribution in [1.82, 2.24) is 5.32 Å². The number of nitrogens with one attached hydrogen (secondary N) is 1. The second-order valence-electron chi connectivity index (χ2n) is 3.11. The van der Waals surface area contributed by atoms with Crippen LogP contribution in [-0.4, -0.2) is 31.5 Å². The summed E-state index contributed by atoms with van der Waals surface area (Å²) in [5, 5.41) is 2.67. The molecule has 0 aliphatic carbocycles. The van der Waals surface area contributed by atoms with Crippen LogP contribution in [0.25, 0.3) is 0 Å². The predicted octanol–water partition coefficient (Wildman–Crippen LogP) is 1.65. The molecule has 0 aliphatic rings. The molecule has 0 saturated heterocycles. The van der Waals surface area contributed by atoms with E-state index in [2.05, 4.69) is 5.32 Å². The zero-order chi connectivity index (χ0) is 11.1. The summed E-state index contributed by atoms with van der Waals surface area (Å²) < 4.78 is 9.67. The first-order valence-electron chi connectivity index (χ1n) is 4.67. The van der Waals surface area contributed by atoms with Crippen molar-refractivity contribution in [3.63, 3.8) is 0 Å². The number of ether oxygens (including phenoxy) is 1. The van der Waals surface area contributed by atoms with Crippen molar-refractivity contribution in [1.29, 1.82) is 0 Å². The molecule has 1 aromatic rings. The Bertz CT molecular complexity index is 287. The van der Waals surface area contributed by atoms with Crippen molar-refractivity contribution in [2.45, 2.75) is 11.8 Å². The normalized spacial score (nSPS) is 12.4. The molecule has 15 heavy (non-hydrogen) atoms. The number of carbonyl (C=O) groups is 1. The highest BCUT2D eigenvalue weighted by Crippen LogP contribution is 2.02. The molecule has 1 unspecified atom stereocenters. The van der Waals surface area contributed by atoms with Gasteiger partial charge in [-0.3, -0.25) is 4.79 Å². The van der Waals surface area contributed by atoms with Crippen molar-refractivity contribution in [2.24, 2.45) is 0 Å². The molecule has 0 spiro atoms. The smallest absolute Gasteiger partial charge is 0.254 e. The van der Waals surface area contributed by atoms with E-state index in [1.165, 1.54) is 12.5 Å². The van der Waals surface area contributed by atoms with Crippen LogP contribution >= 0.6 is 11.6 Å². The molecule has 0 aromatic carbocycles. The Morgan fingerprint density at radius 3 is 3.13 bits per heavy atom. The Balaban J connectivity index is 2.18. The Morgan fingerprint density at radius 1 is 1.73 bits per heavy atom. The third-order valence-corrected chi connectivity index (χ3v) is 2.22. The van der Waals surface area contributed by atoms with Crippen LogP contribution in [-0.2, 0) is 4.74 Å². The van der Waals surface area contributed by atoms with Gasteiger partial charge in [0, 0.05) is 13.7 Å². The maximum atomic E-state index is 11.4. The number of amides is 1. The average molecular weight is 232 g/mol. The van der Waals surface area contributed by atoms with Gasteiger partial charge < -0.3 is 14.5 Å². The lowest BCUT2D eigenvalue weighted by Crippen LogP contribution is -2.26. The SMILES string of the molecule is COCC(Cl)CCNC(=O)c1ccoc1. The van der Waals surface area contributed by atoms with Crippen LogP contribution in [0.2, 0.25) is 0 Å². The summed E-state index contributed by atoms with van der Waals surface area (Å²) in [6.45, 7) is 1.02. The van der Waals surface area contributed by atoms with Gasteiger partial charge >= 0.3 is 0 Å². The van der Waals surface area contributed by atoms with Crippen molar-refractivity contribution >= 4 is 17.5 Å². The molecular weight excluding hydrogens is 218 g/mol. The van der Waals surface area contributed by atoms with E-state index in [0.29, 0.717) is 25.1 Å². The summed E-state index contributed by atoms with van der Waals surface area (Å²) in [6.07, 6.45) is 3.55. The van der Waals surface area contributed by atoms with Gasteiger partial charge in [0.05, 0.1) is 23.8 Å². The number of hydrogen-bond acceptors (Lipinski definition) is 3. The number of methoxy groups -OCH3 is 1. The molecule has 1 N–H and O–H groups in total. The number of carbonyl (C=O) groups excluding carboxylic acids is 1. The third-order valence-electron chi connectivity index (χ3n) is 1.87. The van der Waals surface area contributed by atoms with E-state index >= 15 is 0 Å². The zero-order valence-electron chi connectivity index (χ0n) is 8.53. The minimum absolute atomic E-state index is 0.0698. The minimum Gasteiger partial charge on any atom is -0.472 e. The van der Waals surface area contributed by atoms with Crippen LogP contribution in [0.5, 0.6) is 0 Å². The first-order chi connectivity index (χ1) is 7.24. The summed E-state index contributed by atoms with van der Waals surface area (Å²) in [6, 6.07) is 1.61. The lowest BCUT2D eigenvalue weighted by atomic mass is 10.3. The maximum Gasteiger partial charge on any atom is 0.254 e. The lowest BCUT2D eigenvalue weighted by molar-refractivity contribution is 0.0951. The van der Waals surface area contributed by atoms with Gasteiger partial charge in [0.1, 0.15) is 6.26 Å². The average Bonchev–Trinajstić information content (AvgIpc) is 2.70. The van der Waals surface area contributed by atoms with Crippen LogP contribution in [0.4, 0.5) is 0 Å². The van der Waals surface area contributed by atoms with Crippen LogP contribution in [0.3, 0.4) is 0 Å². The van der Waals surface area contributed by atoms with Crippen molar-refractivity contribution in [3.8, 4) is 0 Å². The topological polar surface area (TPSA) is 51.5 Å². The maximum absolute atomic E-state index is 11.4. The molecule has 1 atom stereocenters. The fourth-order valence-electron chi connectivity index (χ4n) is 1.10. The van der Waals surface area contributed by atoms with Crippen LogP contribution in [0.1, 0.15) is 16.8 Å². The van der Waals surface area contributed by atoms with E-state index in [1.807, 2.05) is 0 Å². The van der Waals surface area contributed by atoms with E-state index in [1.54, 1.807) is 13.2 Å². The molecule has 5 heteroatoms. The van der Waals surface area contributed by atoms with Gasteiger partial charge in [-0.05, 0) is 12.5 Å². The molecule has 1 rings (SSSR count). The molecule has 0 bridgehead atoms. The molecule has 4 nitrogen and oxygen atoms in total. The van der Waals surface area contributed by atoms with Gasteiger partial charge in [-0.25, -0.2) is 0 Å². The summed E-state index contributed by atoms with van der Waals surface area (Å²) >= 11 is 5.89. The lowest BCUT2D eigenvalue weighted by Gasteiger charge is -2.08. The molecular formula is C10H14ClNO3. The van der Waals surface area contributed by atoms with Crippen molar-refractivity contribution in [3.05, 3.63) is 24.2 Å². The standard InChI is InChI=1S/C10H14ClNO3/c1-14-7-9(11)2-4-12-10(13)8-3-5-15-6-8/h3,5-6,9H,2,4,7H2,1H3,(H,12,13). The van der Waals surface area contributed by atoms with E-state index < -0.39 is 0 Å². The molecule has 1 amide bonds. The second kappa shape index (κ2) is 6.48. The number of alkyl halides is 1. The molecule has 0 saturated carbocycles. The molecule has 1 heterocycles. The fraction of sp³-hybridized carbons (Fsp3) is 0.500. The Hall–Kier alpha value is -1.00. The van der Waals surface area contributed by atoms with E-state index in [4.69, 9.17) is 20.8 Å². The Morgan fingerprint density at radius 2 is 2.53 bits per heavy atom. The zero-order valence-corrected chi connectivity index (χ0v) is 9.29. The number of rotatable bonds is 6. The van der Waals surface area contributed by atoms with E-state index in [0.717, 1.165) is 0 Å². The monoisotopic (exact) mass is 231 g/mol. The summed E-state index contributed by atoms with van der Waals surface area (Å²) in [5.74, 6) is -0.148. The van der Waals surface area contributed by atoms with Crippen LogP contribution in [0, 0.1) is 0 Å². The highest BCUT2D eigenvalue weighted by Gasteiger charge is 2.07. The van der Waals surface area contributed by atoms with Crippen LogP contribution < -0.4 is 5.32 Å². The number of hydrogen-bond donors (Lipinski definition) is 1. The molecule has 0 aliphatic heterocycles. The van der Waals surface area contributed by atoms with Gasteiger partial charge in [0.2, 0.25) is 0 Å². The van der Waals surface area contributed by atoms with Gasteiger partial charge in [0.25, 0.3) is 5.91 Å². The van der Waals surface area contributed by atoms with Crippen LogP contribution in [0.15, 0.2) is 23.0 Å². The van der Waals surface area contributed by atoms with E-state index in [9.17, 15) is 4.79 Å². The van der Waals surface area contributed by atoms with Gasteiger partial charge in [-0.2, -0.15) is 0 Å². The first kappa shape index (κ1) is 12.1. The summed E-state index contributed by atoms with van der Waals surface area (Å²) in [4.78, 5) is 11.4. The summed E-state index contributed by atoms with van der Waals surface area (Å²) in [5.41, 5.74) is 0.521. The van der Waals surface area contributed by atoms with E-state index in [-0.39, 0.29) is 11.3 Å². The Labute approximate surface area is 93.5 Å². The fourth-order valence-corrected chi connectivity index (χ4v) is 1.34. The van der Waals surface area contributed by atoms with Crippen molar-refractivity contribution < 1.29 is 13.9 Å². The molecule has 0 radical (unpaired) electrons. The first-order valence-corrected chi connectivity index (χ1v) is 5.11. The second-order valence-corrected chi connectivity index (χ2v) is 3.73. The molecule has 84 valence electrons. The quantitative estimate of drug-likeness (QED) is 0.758. The summed E-state index contributed by atoms with van der Waals surface area (Å²) in [7, 11) is 1.60. The minimum atomic E-state index is -0.148. The van der Waals surface area contributed by atoms with Gasteiger partial charge in [-0.15, -0.1) is 11.6 Å². The Kier molecular flexibility index (Phi) is 5.21. The van der Waals surface area contributed by atoms with Crippen molar-refractivity contribution in [2.75, 3.05) is 20.3 Å². The van der Waals surface area contributed by atoms with Gasteiger partial charge in [-0.1, -0.05) is 0 Å². The molecule has 0 fully saturated rings. The highest BCUT2D eigenvalue weighted by atomic mass is 35.5. The molecule has 1 aromatic heterocycles. The predicted molar refractivity (Wildman–Crippen MR) is 57.2 cm³/mol. The number of furan rings is 1. The number of halogens is 1. The van der Waals surface area contributed by atoms with Gasteiger partial charge in [0.15, 0.2) is 0 Å². The highest BCUT2D eigenvalue weighted by molar-refractivity contribution is 6.20.